The number of benzene rings is 2. The third kappa shape index (κ3) is 4.83. The Balaban J connectivity index is 1.44. The number of ether oxygens (including phenoxy) is 2. The molecule has 0 atom stereocenters. The molecule has 176 valence electrons. The molecule has 4 rings (SSSR count). The Morgan fingerprint density at radius 3 is 2.33 bits per heavy atom. The molecule has 1 aromatic heterocycles. The van der Waals surface area contributed by atoms with Crippen LogP contribution in [0.2, 0.25) is 0 Å². The number of carbonyl (C=O) groups is 1. The number of fused-ring (bicyclic) bond motifs is 1. The van der Waals surface area contributed by atoms with Crippen molar-refractivity contribution in [2.45, 2.75) is 51.6 Å². The van der Waals surface area contributed by atoms with Crippen LogP contribution >= 0.6 is 0 Å². The monoisotopic (exact) mass is 451 g/mol. The van der Waals surface area contributed by atoms with Crippen molar-refractivity contribution in [3.8, 4) is 5.75 Å². The molecule has 0 aliphatic carbocycles. The molecule has 33 heavy (non-hydrogen) atoms. The van der Waals surface area contributed by atoms with Crippen LogP contribution in [-0.2, 0) is 28.0 Å². The molecule has 1 saturated heterocycles. The van der Waals surface area contributed by atoms with Crippen molar-refractivity contribution in [1.29, 1.82) is 0 Å². The highest BCUT2D eigenvalue weighted by Crippen LogP contribution is 2.35. The van der Waals surface area contributed by atoms with E-state index in [1.54, 1.807) is 9.13 Å². The highest BCUT2D eigenvalue weighted by atomic mass is 16.5. The minimum Gasteiger partial charge on any atom is -0.494 e. The minimum atomic E-state index is -0.159. The summed E-state index contributed by atoms with van der Waals surface area (Å²) in [4.78, 5) is 25.6. The van der Waals surface area contributed by atoms with Gasteiger partial charge in [-0.2, -0.15) is 0 Å². The molecule has 7 heteroatoms. The number of imidazole rings is 1. The average molecular weight is 452 g/mol. The van der Waals surface area contributed by atoms with Crippen molar-refractivity contribution in [3.05, 3.63) is 64.6 Å². The molecular weight excluding hydrogens is 418 g/mol. The summed E-state index contributed by atoms with van der Waals surface area (Å²) < 4.78 is 14.6. The number of carbonyl (C=O) groups excluding carboxylic acids is 1. The Labute approximate surface area is 194 Å². The molecule has 1 amide bonds. The van der Waals surface area contributed by atoms with E-state index in [2.05, 4.69) is 17.4 Å². The van der Waals surface area contributed by atoms with Crippen LogP contribution < -0.4 is 15.7 Å². The lowest BCUT2D eigenvalue weighted by Crippen LogP contribution is -2.44. The van der Waals surface area contributed by atoms with Crippen LogP contribution in [0, 0.1) is 0 Å². The smallest absolute Gasteiger partial charge is 0.329 e. The summed E-state index contributed by atoms with van der Waals surface area (Å²) in [6, 6.07) is 15.9. The molecule has 0 unspecified atom stereocenters. The number of hydrogen-bond acceptors (Lipinski definition) is 4. The van der Waals surface area contributed by atoms with Crippen molar-refractivity contribution in [3.63, 3.8) is 0 Å². The van der Waals surface area contributed by atoms with Crippen LogP contribution in [0.1, 0.15) is 38.7 Å². The first-order valence-corrected chi connectivity index (χ1v) is 11.8. The normalized spacial score (nSPS) is 15.5. The first-order chi connectivity index (χ1) is 16.1. The zero-order valence-corrected chi connectivity index (χ0v) is 19.5. The lowest BCUT2D eigenvalue weighted by atomic mass is 9.74. The van der Waals surface area contributed by atoms with Gasteiger partial charge >= 0.3 is 5.69 Å². The van der Waals surface area contributed by atoms with Gasteiger partial charge in [0.05, 0.1) is 17.6 Å². The summed E-state index contributed by atoms with van der Waals surface area (Å²) >= 11 is 0. The molecule has 3 aromatic rings. The van der Waals surface area contributed by atoms with E-state index >= 15 is 0 Å². The molecule has 0 radical (unpaired) electrons. The first kappa shape index (κ1) is 23.1. The van der Waals surface area contributed by atoms with Gasteiger partial charge in [-0.3, -0.25) is 13.9 Å². The van der Waals surface area contributed by atoms with Crippen LogP contribution in [0.15, 0.2) is 53.3 Å². The summed E-state index contributed by atoms with van der Waals surface area (Å²) in [5, 5.41) is 3.14. The predicted molar refractivity (Wildman–Crippen MR) is 129 cm³/mol. The van der Waals surface area contributed by atoms with Crippen molar-refractivity contribution in [2.24, 2.45) is 0 Å². The zero-order chi connectivity index (χ0) is 23.3. The highest BCUT2D eigenvalue weighted by Gasteiger charge is 2.34. The standard InChI is InChI=1S/C26H33N3O4/c1-3-28-22-7-5-6-8-23(22)29(25(28)31)16-13-24(30)27-19-26(14-17-32-18-15-26)20-9-11-21(12-10-20)33-4-2/h5-12H,3-4,13-19H2,1-2H3,(H,27,30). The van der Waals surface area contributed by atoms with Crippen molar-refractivity contribution in [1.82, 2.24) is 14.5 Å². The average Bonchev–Trinajstić information content (AvgIpc) is 3.13. The van der Waals surface area contributed by atoms with Crippen molar-refractivity contribution >= 4 is 16.9 Å². The van der Waals surface area contributed by atoms with Crippen LogP contribution in [0.3, 0.4) is 0 Å². The first-order valence-electron chi connectivity index (χ1n) is 11.8. The quantitative estimate of drug-likeness (QED) is 0.541. The Kier molecular flexibility index (Phi) is 7.18. The molecule has 1 aliphatic heterocycles. The molecule has 7 nitrogen and oxygen atoms in total. The van der Waals surface area contributed by atoms with Gasteiger partial charge in [0.2, 0.25) is 5.91 Å². The fraction of sp³-hybridized carbons (Fsp3) is 0.462. The maximum Gasteiger partial charge on any atom is 0.329 e. The van der Waals surface area contributed by atoms with Gasteiger partial charge in [-0.05, 0) is 56.5 Å². The number of hydrogen-bond donors (Lipinski definition) is 1. The molecule has 0 saturated carbocycles. The lowest BCUT2D eigenvalue weighted by Gasteiger charge is -2.38. The number of aromatic nitrogens is 2. The van der Waals surface area contributed by atoms with E-state index in [1.165, 1.54) is 5.56 Å². The lowest BCUT2D eigenvalue weighted by molar-refractivity contribution is -0.121. The number of nitrogens with one attached hydrogen (secondary N) is 1. The second kappa shape index (κ2) is 10.3. The number of rotatable bonds is 9. The number of para-hydroxylation sites is 2. The Morgan fingerprint density at radius 1 is 1.03 bits per heavy atom. The summed E-state index contributed by atoms with van der Waals surface area (Å²) in [5.41, 5.74) is 2.74. The van der Waals surface area contributed by atoms with E-state index < -0.39 is 0 Å². The topological polar surface area (TPSA) is 74.5 Å². The number of aryl methyl sites for hydroxylation is 2. The van der Waals surface area contributed by atoms with Gasteiger partial charge in [0.15, 0.2) is 0 Å². The number of nitrogens with zero attached hydrogens (tertiary/aromatic N) is 2. The predicted octanol–water partition coefficient (Wildman–Crippen LogP) is 3.48. The summed E-state index contributed by atoms with van der Waals surface area (Å²) in [7, 11) is 0. The van der Waals surface area contributed by atoms with Gasteiger partial charge in [0.1, 0.15) is 5.75 Å². The largest absolute Gasteiger partial charge is 0.494 e. The van der Waals surface area contributed by atoms with Crippen molar-refractivity contribution < 1.29 is 14.3 Å². The van der Waals surface area contributed by atoms with E-state index in [-0.39, 0.29) is 23.4 Å². The van der Waals surface area contributed by atoms with Crippen LogP contribution in [-0.4, -0.2) is 41.4 Å². The molecular formula is C26H33N3O4. The minimum absolute atomic E-state index is 0.0490. The van der Waals surface area contributed by atoms with Gasteiger partial charge in [-0.1, -0.05) is 24.3 Å². The fourth-order valence-electron chi connectivity index (χ4n) is 4.76. The van der Waals surface area contributed by atoms with Crippen LogP contribution in [0.25, 0.3) is 11.0 Å². The van der Waals surface area contributed by atoms with Gasteiger partial charge in [0.25, 0.3) is 0 Å². The maximum atomic E-state index is 12.8. The summed E-state index contributed by atoms with van der Waals surface area (Å²) in [6.07, 6.45) is 1.96. The van der Waals surface area contributed by atoms with E-state index in [1.807, 2.05) is 50.2 Å². The third-order valence-electron chi connectivity index (χ3n) is 6.66. The van der Waals surface area contributed by atoms with Crippen molar-refractivity contribution in [2.75, 3.05) is 26.4 Å². The Hall–Kier alpha value is -3.06. The van der Waals surface area contributed by atoms with Gasteiger partial charge in [-0.25, -0.2) is 4.79 Å². The molecule has 1 N–H and O–H groups in total. The van der Waals surface area contributed by atoms with E-state index in [9.17, 15) is 9.59 Å². The van der Waals surface area contributed by atoms with E-state index in [0.29, 0.717) is 39.5 Å². The second-order valence-corrected chi connectivity index (χ2v) is 8.54. The molecule has 0 spiro atoms. The van der Waals surface area contributed by atoms with Gasteiger partial charge in [0, 0.05) is 44.7 Å². The maximum absolute atomic E-state index is 12.8. The highest BCUT2D eigenvalue weighted by molar-refractivity contribution is 5.78. The molecule has 0 bridgehead atoms. The Bertz CT molecular complexity index is 1140. The molecule has 1 fully saturated rings. The fourth-order valence-corrected chi connectivity index (χ4v) is 4.76. The summed E-state index contributed by atoms with van der Waals surface area (Å²) in [6.45, 7) is 7.42. The molecule has 1 aliphatic rings. The van der Waals surface area contributed by atoms with Gasteiger partial charge in [-0.15, -0.1) is 0 Å². The Morgan fingerprint density at radius 2 is 1.70 bits per heavy atom. The second-order valence-electron chi connectivity index (χ2n) is 8.54. The van der Waals surface area contributed by atoms with Crippen LogP contribution in [0.5, 0.6) is 5.75 Å². The zero-order valence-electron chi connectivity index (χ0n) is 19.5. The number of amides is 1. The SMILES string of the molecule is CCOc1ccc(C2(CNC(=O)CCn3c(=O)n(CC)c4ccccc43)CCOCC2)cc1. The third-order valence-corrected chi connectivity index (χ3v) is 6.66. The summed E-state index contributed by atoms with van der Waals surface area (Å²) in [5.74, 6) is 0.802. The van der Waals surface area contributed by atoms with Gasteiger partial charge < -0.3 is 14.8 Å². The van der Waals surface area contributed by atoms with Crippen LogP contribution in [0.4, 0.5) is 0 Å². The molecule has 2 heterocycles. The van der Waals surface area contributed by atoms with E-state index in [4.69, 9.17) is 9.47 Å². The molecule has 2 aromatic carbocycles. The van der Waals surface area contributed by atoms with E-state index in [0.717, 1.165) is 29.6 Å².